The maximum Gasteiger partial charge on any atom is 0.236 e. The minimum absolute atomic E-state index is 0.135. The third kappa shape index (κ3) is 8.75. The van der Waals surface area contributed by atoms with Gasteiger partial charge in [0.25, 0.3) is 0 Å². The largest absolute Gasteiger partial charge is 0.348 e. The molecule has 90 valence electrons. The van der Waals surface area contributed by atoms with E-state index >= 15 is 0 Å². The molecule has 0 bridgehead atoms. The van der Waals surface area contributed by atoms with Crippen LogP contribution in [0.3, 0.4) is 0 Å². The van der Waals surface area contributed by atoms with Crippen molar-refractivity contribution < 1.29 is 4.79 Å². The van der Waals surface area contributed by atoms with Crippen molar-refractivity contribution in [1.82, 2.24) is 10.2 Å². The second-order valence-electron chi connectivity index (χ2n) is 4.50. The van der Waals surface area contributed by atoms with Gasteiger partial charge in [-0.15, -0.1) is 0 Å². The van der Waals surface area contributed by atoms with E-state index in [0.717, 1.165) is 11.7 Å². The molecule has 0 aliphatic carbocycles. The molecule has 0 heterocycles. The van der Waals surface area contributed by atoms with E-state index in [-0.39, 0.29) is 5.91 Å². The first-order valence-electron chi connectivity index (χ1n) is 5.44. The van der Waals surface area contributed by atoms with Crippen molar-refractivity contribution >= 4 is 17.7 Å². The molecular formula is C11H24N2OS. The molecule has 0 spiro atoms. The summed E-state index contributed by atoms with van der Waals surface area (Å²) in [5.74, 6) is 3.13. The summed E-state index contributed by atoms with van der Waals surface area (Å²) in [6, 6.07) is 0.401. The number of hydrogen-bond acceptors (Lipinski definition) is 3. The maximum atomic E-state index is 11.3. The predicted octanol–water partition coefficient (Wildman–Crippen LogP) is 1.44. The summed E-state index contributed by atoms with van der Waals surface area (Å²) >= 11 is 1.94. The fourth-order valence-electron chi connectivity index (χ4n) is 0.959. The van der Waals surface area contributed by atoms with Gasteiger partial charge in [0.2, 0.25) is 5.91 Å². The van der Waals surface area contributed by atoms with Crippen LogP contribution in [0.2, 0.25) is 0 Å². The average molecular weight is 232 g/mol. The van der Waals surface area contributed by atoms with Gasteiger partial charge in [-0.25, -0.2) is 0 Å². The summed E-state index contributed by atoms with van der Waals surface area (Å²) in [6.07, 6.45) is 0. The van der Waals surface area contributed by atoms with Gasteiger partial charge >= 0.3 is 0 Å². The van der Waals surface area contributed by atoms with E-state index in [1.54, 1.807) is 19.0 Å². The lowest BCUT2D eigenvalue weighted by atomic mass is 10.3. The molecule has 1 atom stereocenters. The van der Waals surface area contributed by atoms with E-state index in [1.165, 1.54) is 5.75 Å². The Balaban J connectivity index is 3.49. The molecule has 0 rings (SSSR count). The van der Waals surface area contributed by atoms with Crippen molar-refractivity contribution in [3.8, 4) is 0 Å². The minimum Gasteiger partial charge on any atom is -0.348 e. The molecule has 0 aromatic carbocycles. The lowest BCUT2D eigenvalue weighted by Gasteiger charge is -2.16. The lowest BCUT2D eigenvalue weighted by molar-refractivity contribution is -0.127. The number of carbonyl (C=O) groups is 1. The van der Waals surface area contributed by atoms with Crippen molar-refractivity contribution in [1.29, 1.82) is 0 Å². The van der Waals surface area contributed by atoms with Crippen LogP contribution in [-0.4, -0.2) is 49.0 Å². The summed E-state index contributed by atoms with van der Waals surface area (Å²) in [7, 11) is 3.56. The third-order valence-corrected chi connectivity index (χ3v) is 3.56. The van der Waals surface area contributed by atoms with E-state index in [2.05, 4.69) is 26.1 Å². The van der Waals surface area contributed by atoms with Gasteiger partial charge in [-0.1, -0.05) is 13.8 Å². The van der Waals surface area contributed by atoms with Gasteiger partial charge in [-0.2, -0.15) is 11.8 Å². The summed E-state index contributed by atoms with van der Waals surface area (Å²) in [5, 5.41) is 3.23. The molecule has 0 aromatic rings. The quantitative estimate of drug-likeness (QED) is 0.721. The zero-order valence-electron chi connectivity index (χ0n) is 10.5. The van der Waals surface area contributed by atoms with E-state index in [1.807, 2.05) is 11.8 Å². The van der Waals surface area contributed by atoms with E-state index in [4.69, 9.17) is 0 Å². The Morgan fingerprint density at radius 1 is 1.27 bits per heavy atom. The van der Waals surface area contributed by atoms with Gasteiger partial charge in [-0.3, -0.25) is 4.79 Å². The van der Waals surface area contributed by atoms with Gasteiger partial charge in [0, 0.05) is 25.9 Å². The highest BCUT2D eigenvalue weighted by molar-refractivity contribution is 7.99. The van der Waals surface area contributed by atoms with E-state index < -0.39 is 0 Å². The molecule has 0 aliphatic heterocycles. The summed E-state index contributed by atoms with van der Waals surface area (Å²) < 4.78 is 0. The Morgan fingerprint density at radius 2 is 1.87 bits per heavy atom. The van der Waals surface area contributed by atoms with Crippen molar-refractivity contribution in [2.75, 3.05) is 32.1 Å². The predicted molar refractivity (Wildman–Crippen MR) is 68.3 cm³/mol. The van der Waals surface area contributed by atoms with Gasteiger partial charge in [0.05, 0.1) is 6.54 Å². The molecule has 0 aromatic heterocycles. The zero-order chi connectivity index (χ0) is 11.8. The minimum atomic E-state index is 0.135. The Kier molecular flexibility index (Phi) is 7.88. The van der Waals surface area contributed by atoms with E-state index in [9.17, 15) is 4.79 Å². The number of thioether (sulfide) groups is 1. The molecule has 0 radical (unpaired) electrons. The van der Waals surface area contributed by atoms with Crippen LogP contribution < -0.4 is 5.32 Å². The molecule has 4 heteroatoms. The van der Waals surface area contributed by atoms with Crippen molar-refractivity contribution in [2.24, 2.45) is 5.92 Å². The number of rotatable bonds is 7. The number of nitrogens with one attached hydrogen (secondary N) is 1. The number of nitrogens with zero attached hydrogens (tertiary/aromatic N) is 1. The Bertz CT molecular complexity index is 183. The Labute approximate surface area is 98.0 Å². The Morgan fingerprint density at radius 3 is 2.33 bits per heavy atom. The summed E-state index contributed by atoms with van der Waals surface area (Å²) in [4.78, 5) is 12.9. The molecule has 0 fully saturated rings. The first-order valence-corrected chi connectivity index (χ1v) is 6.60. The third-order valence-electron chi connectivity index (χ3n) is 1.92. The highest BCUT2D eigenvalue weighted by atomic mass is 32.2. The number of amides is 1. The molecular weight excluding hydrogens is 208 g/mol. The highest BCUT2D eigenvalue weighted by Gasteiger charge is 2.07. The van der Waals surface area contributed by atoms with Gasteiger partial charge in [0.1, 0.15) is 0 Å². The highest BCUT2D eigenvalue weighted by Crippen LogP contribution is 2.08. The van der Waals surface area contributed by atoms with Crippen LogP contribution in [0.4, 0.5) is 0 Å². The van der Waals surface area contributed by atoms with Crippen molar-refractivity contribution in [3.63, 3.8) is 0 Å². The van der Waals surface area contributed by atoms with Gasteiger partial charge in [0.15, 0.2) is 0 Å². The number of likely N-dealkylation sites (N-methyl/N-ethyl adjacent to an activating group) is 1. The van der Waals surface area contributed by atoms with Crippen LogP contribution in [0.25, 0.3) is 0 Å². The molecule has 0 aliphatic rings. The van der Waals surface area contributed by atoms with Crippen LogP contribution in [0.15, 0.2) is 0 Å². The van der Waals surface area contributed by atoms with Gasteiger partial charge in [-0.05, 0) is 18.6 Å². The molecule has 1 N–H and O–H groups in total. The van der Waals surface area contributed by atoms with Crippen LogP contribution >= 0.6 is 11.8 Å². The van der Waals surface area contributed by atoms with Gasteiger partial charge < -0.3 is 10.2 Å². The number of hydrogen-bond donors (Lipinski definition) is 1. The van der Waals surface area contributed by atoms with Crippen LogP contribution in [0, 0.1) is 5.92 Å². The van der Waals surface area contributed by atoms with Crippen LogP contribution in [-0.2, 0) is 4.79 Å². The first kappa shape index (κ1) is 14.8. The second-order valence-corrected chi connectivity index (χ2v) is 5.58. The summed E-state index contributed by atoms with van der Waals surface area (Å²) in [5.41, 5.74) is 0. The normalized spacial score (nSPS) is 12.9. The fraction of sp³-hybridized carbons (Fsp3) is 0.909. The molecule has 1 unspecified atom stereocenters. The molecule has 1 amide bonds. The number of carbonyl (C=O) groups excluding carboxylic acids is 1. The maximum absolute atomic E-state index is 11.3. The lowest BCUT2D eigenvalue weighted by Crippen LogP contribution is -2.38. The topological polar surface area (TPSA) is 32.3 Å². The molecule has 15 heavy (non-hydrogen) atoms. The van der Waals surface area contributed by atoms with Crippen molar-refractivity contribution in [2.45, 2.75) is 26.8 Å². The summed E-state index contributed by atoms with van der Waals surface area (Å²) in [6.45, 7) is 7.01. The van der Waals surface area contributed by atoms with Crippen molar-refractivity contribution in [3.05, 3.63) is 0 Å². The Hall–Kier alpha value is -0.220. The first-order chi connectivity index (χ1) is 6.93. The molecule has 0 saturated carbocycles. The zero-order valence-corrected chi connectivity index (χ0v) is 11.4. The fourth-order valence-corrected chi connectivity index (χ4v) is 2.04. The van der Waals surface area contributed by atoms with Crippen LogP contribution in [0.1, 0.15) is 20.8 Å². The second kappa shape index (κ2) is 7.99. The smallest absolute Gasteiger partial charge is 0.236 e. The SMILES string of the molecule is CC(C)CSCC(C)NCC(=O)N(C)C. The average Bonchev–Trinajstić information content (AvgIpc) is 2.13. The molecule has 0 saturated heterocycles. The standard InChI is InChI=1S/C11H24N2OS/c1-9(2)7-15-8-10(3)12-6-11(14)13(4)5/h9-10,12H,6-8H2,1-5H3. The monoisotopic (exact) mass is 232 g/mol. The van der Waals surface area contributed by atoms with Crippen LogP contribution in [0.5, 0.6) is 0 Å². The molecule has 3 nitrogen and oxygen atoms in total. The van der Waals surface area contributed by atoms with E-state index in [0.29, 0.717) is 12.6 Å².